The fourth-order valence-electron chi connectivity index (χ4n) is 3.24. The van der Waals surface area contributed by atoms with Crippen molar-refractivity contribution < 1.29 is 43.2 Å². The van der Waals surface area contributed by atoms with Crippen LogP contribution in [-0.2, 0) is 0 Å². The summed E-state index contributed by atoms with van der Waals surface area (Å²) in [4.78, 5) is 47.4. The van der Waals surface area contributed by atoms with E-state index >= 15 is 0 Å². The highest BCUT2D eigenvalue weighted by atomic mass is 16.5. The van der Waals surface area contributed by atoms with Crippen LogP contribution in [0.25, 0.3) is 21.9 Å². The van der Waals surface area contributed by atoms with Crippen molar-refractivity contribution in [3.63, 3.8) is 0 Å². The molecule has 0 fully saturated rings. The van der Waals surface area contributed by atoms with Crippen LogP contribution in [0.4, 0.5) is 0 Å². The zero-order valence-electron chi connectivity index (χ0n) is 17.2. The summed E-state index contributed by atoms with van der Waals surface area (Å²) < 4.78 is 21.4. The van der Waals surface area contributed by atoms with Gasteiger partial charge in [-0.3, -0.25) is 9.59 Å². The molecule has 11 nitrogen and oxygen atoms in total. The number of carbonyl (C=O) groups is 2. The van der Waals surface area contributed by atoms with Crippen LogP contribution in [0, 0.1) is 0 Å². The van der Waals surface area contributed by atoms with Gasteiger partial charge in [-0.05, 0) is 24.3 Å². The topological polar surface area (TPSA) is 174 Å². The lowest BCUT2D eigenvalue weighted by molar-refractivity contribution is 0.0635. The Morgan fingerprint density at radius 2 is 1.18 bits per heavy atom. The highest BCUT2D eigenvalue weighted by molar-refractivity contribution is 5.94. The van der Waals surface area contributed by atoms with Crippen molar-refractivity contribution in [2.24, 2.45) is 0 Å². The SMILES string of the molecule is O=C(O)c1coc2cccc(OCC(O)COc3cccc4occ(C(=O)O)c(=O)c34)c2c1=O. The van der Waals surface area contributed by atoms with Gasteiger partial charge in [-0.1, -0.05) is 12.1 Å². The first-order valence-electron chi connectivity index (χ1n) is 9.77. The third-order valence-electron chi connectivity index (χ3n) is 4.85. The summed E-state index contributed by atoms with van der Waals surface area (Å²) in [6, 6.07) is 8.82. The van der Waals surface area contributed by atoms with Gasteiger partial charge < -0.3 is 33.6 Å². The minimum absolute atomic E-state index is 0.00491. The van der Waals surface area contributed by atoms with Crippen molar-refractivity contribution in [2.75, 3.05) is 13.2 Å². The predicted molar refractivity (Wildman–Crippen MR) is 116 cm³/mol. The molecular weight excluding hydrogens is 452 g/mol. The number of fused-ring (bicyclic) bond motifs is 2. The van der Waals surface area contributed by atoms with E-state index in [4.69, 9.17) is 28.5 Å². The molecule has 0 spiro atoms. The number of benzene rings is 2. The number of hydrogen-bond donors (Lipinski definition) is 3. The van der Waals surface area contributed by atoms with E-state index in [0.717, 1.165) is 12.5 Å². The number of ether oxygens (including phenoxy) is 2. The molecule has 174 valence electrons. The zero-order valence-corrected chi connectivity index (χ0v) is 17.2. The second kappa shape index (κ2) is 9.08. The lowest BCUT2D eigenvalue weighted by atomic mass is 10.1. The summed E-state index contributed by atoms with van der Waals surface area (Å²) in [5.74, 6) is -2.90. The Bertz CT molecular complexity index is 1410. The summed E-state index contributed by atoms with van der Waals surface area (Å²) >= 11 is 0. The van der Waals surface area contributed by atoms with Crippen LogP contribution in [0.3, 0.4) is 0 Å². The van der Waals surface area contributed by atoms with Crippen LogP contribution < -0.4 is 20.3 Å². The average molecular weight is 468 g/mol. The maximum absolute atomic E-state index is 12.5. The van der Waals surface area contributed by atoms with Gasteiger partial charge in [-0.25, -0.2) is 9.59 Å². The Morgan fingerprint density at radius 3 is 1.56 bits per heavy atom. The van der Waals surface area contributed by atoms with Gasteiger partial charge in [0.1, 0.15) is 76.4 Å². The van der Waals surface area contributed by atoms with Crippen molar-refractivity contribution in [2.45, 2.75) is 6.10 Å². The highest BCUT2D eigenvalue weighted by Crippen LogP contribution is 2.25. The number of rotatable bonds is 8. The molecule has 2 heterocycles. The summed E-state index contributed by atoms with van der Waals surface area (Å²) in [6.45, 7) is -0.703. The first-order valence-corrected chi connectivity index (χ1v) is 9.77. The summed E-state index contributed by atoms with van der Waals surface area (Å²) in [5, 5.41) is 28.4. The van der Waals surface area contributed by atoms with Gasteiger partial charge in [0.05, 0.1) is 0 Å². The van der Waals surface area contributed by atoms with Crippen molar-refractivity contribution in [1.29, 1.82) is 0 Å². The largest absolute Gasteiger partial charge is 0.490 e. The summed E-state index contributed by atoms with van der Waals surface area (Å²) in [6.07, 6.45) is 0.446. The second-order valence-electron chi connectivity index (χ2n) is 7.10. The molecule has 0 aliphatic heterocycles. The van der Waals surface area contributed by atoms with Gasteiger partial charge in [-0.2, -0.15) is 0 Å². The molecule has 2 aromatic carbocycles. The minimum Gasteiger partial charge on any atom is -0.490 e. The Morgan fingerprint density at radius 1 is 0.765 bits per heavy atom. The van der Waals surface area contributed by atoms with Gasteiger partial charge in [0.15, 0.2) is 0 Å². The molecule has 0 aliphatic rings. The van der Waals surface area contributed by atoms with Crippen LogP contribution >= 0.6 is 0 Å². The maximum atomic E-state index is 12.5. The first-order chi connectivity index (χ1) is 16.3. The van der Waals surface area contributed by atoms with E-state index in [9.17, 15) is 24.3 Å². The molecule has 0 radical (unpaired) electrons. The number of hydrogen-bond acceptors (Lipinski definition) is 9. The fraction of sp³-hybridized carbons (Fsp3) is 0.130. The molecule has 0 unspecified atom stereocenters. The first kappa shape index (κ1) is 22.6. The monoisotopic (exact) mass is 468 g/mol. The Hall–Kier alpha value is -4.64. The zero-order chi connectivity index (χ0) is 24.4. The van der Waals surface area contributed by atoms with E-state index in [0.29, 0.717) is 0 Å². The van der Waals surface area contributed by atoms with Gasteiger partial charge in [0.25, 0.3) is 0 Å². The number of carboxylic acids is 2. The Balaban J connectivity index is 1.53. The van der Waals surface area contributed by atoms with Crippen molar-refractivity contribution in [1.82, 2.24) is 0 Å². The van der Waals surface area contributed by atoms with Crippen LogP contribution in [0.2, 0.25) is 0 Å². The van der Waals surface area contributed by atoms with E-state index in [2.05, 4.69) is 0 Å². The number of carboxylic acid groups (broad SMARTS) is 2. The molecule has 4 rings (SSSR count). The average Bonchev–Trinajstić information content (AvgIpc) is 2.81. The molecule has 2 aromatic heterocycles. The maximum Gasteiger partial charge on any atom is 0.342 e. The molecule has 34 heavy (non-hydrogen) atoms. The smallest absolute Gasteiger partial charge is 0.342 e. The van der Waals surface area contributed by atoms with Crippen molar-refractivity contribution in [3.8, 4) is 11.5 Å². The van der Waals surface area contributed by atoms with E-state index in [1.807, 2.05) is 0 Å². The van der Waals surface area contributed by atoms with Gasteiger partial charge in [-0.15, -0.1) is 0 Å². The number of aliphatic hydroxyl groups is 1. The molecule has 4 aromatic rings. The van der Waals surface area contributed by atoms with Gasteiger partial charge in [0.2, 0.25) is 10.9 Å². The Labute approximate surface area is 189 Å². The van der Waals surface area contributed by atoms with Crippen LogP contribution in [0.1, 0.15) is 20.7 Å². The predicted octanol–water partition coefficient (Wildman–Crippen LogP) is 2.11. The van der Waals surface area contributed by atoms with E-state index in [1.54, 1.807) is 0 Å². The molecule has 0 bridgehead atoms. The molecule has 0 saturated heterocycles. The molecule has 0 saturated carbocycles. The fourth-order valence-corrected chi connectivity index (χ4v) is 3.24. The lowest BCUT2D eigenvalue weighted by Crippen LogP contribution is -2.26. The molecule has 11 heteroatoms. The molecule has 0 aliphatic carbocycles. The van der Waals surface area contributed by atoms with Crippen molar-refractivity contribution in [3.05, 3.63) is 80.5 Å². The van der Waals surface area contributed by atoms with E-state index in [-0.39, 0.29) is 46.7 Å². The number of aliphatic hydroxyl groups excluding tert-OH is 1. The summed E-state index contributed by atoms with van der Waals surface area (Å²) in [7, 11) is 0. The standard InChI is InChI=1S/C23H16O11/c24-11(7-31-14-3-1-5-16-18(14)20(25)12(9-33-16)22(27)28)8-32-15-4-2-6-17-19(15)21(26)13(10-34-17)23(29)30/h1-6,9-11,24H,7-8H2,(H,27,28)(H,29,30). The van der Waals surface area contributed by atoms with Gasteiger partial charge in [0, 0.05) is 0 Å². The Kier molecular flexibility index (Phi) is 6.02. The summed E-state index contributed by atoms with van der Waals surface area (Å²) in [5.41, 5.74) is -2.52. The van der Waals surface area contributed by atoms with Crippen LogP contribution in [-0.4, -0.2) is 46.6 Å². The highest BCUT2D eigenvalue weighted by Gasteiger charge is 2.19. The molecule has 0 amide bonds. The third kappa shape index (κ3) is 4.19. The van der Waals surface area contributed by atoms with Crippen molar-refractivity contribution >= 4 is 33.9 Å². The number of aromatic carboxylic acids is 2. The minimum atomic E-state index is -1.45. The normalized spacial score (nSPS) is 11.1. The van der Waals surface area contributed by atoms with Crippen LogP contribution in [0.5, 0.6) is 11.5 Å². The van der Waals surface area contributed by atoms with E-state index in [1.165, 1.54) is 36.4 Å². The third-order valence-corrected chi connectivity index (χ3v) is 4.85. The molecule has 0 atom stereocenters. The van der Waals surface area contributed by atoms with Crippen LogP contribution in [0.15, 0.2) is 67.3 Å². The molecule has 3 N–H and O–H groups in total. The second-order valence-corrected chi connectivity index (χ2v) is 7.10. The molecular formula is C23H16O11. The van der Waals surface area contributed by atoms with E-state index < -0.39 is 40.0 Å². The lowest BCUT2D eigenvalue weighted by Gasteiger charge is -2.15. The quantitative estimate of drug-likeness (QED) is 0.345. The van der Waals surface area contributed by atoms with Gasteiger partial charge >= 0.3 is 11.9 Å².